The number of hydrogen-bond donors (Lipinski definition) is 2. The number of para-hydroxylation sites is 1. The number of halogens is 1. The van der Waals surface area contributed by atoms with Gasteiger partial charge in [-0.2, -0.15) is 0 Å². The van der Waals surface area contributed by atoms with Crippen LogP contribution in [-0.4, -0.2) is 11.9 Å². The van der Waals surface area contributed by atoms with Crippen LogP contribution in [0.2, 0.25) is 5.02 Å². The molecule has 0 saturated heterocycles. The molecule has 0 aliphatic rings. The number of nitrogens with one attached hydrogen (secondary N) is 2. The zero-order valence-electron chi connectivity index (χ0n) is 18.8. The Morgan fingerprint density at radius 2 is 1.20 bits per heavy atom. The van der Waals surface area contributed by atoms with Crippen molar-refractivity contribution in [2.24, 2.45) is 0 Å². The molecule has 0 saturated carbocycles. The summed E-state index contributed by atoms with van der Waals surface area (Å²) in [6, 6.07) is 6.41. The van der Waals surface area contributed by atoms with E-state index < -0.39 is 6.03 Å². The Morgan fingerprint density at radius 3 is 1.70 bits per heavy atom. The number of benzene rings is 1. The van der Waals surface area contributed by atoms with E-state index in [1.807, 2.05) is 0 Å². The highest BCUT2D eigenvalue weighted by atomic mass is 35.5. The Hall–Kier alpha value is -1.55. The maximum absolute atomic E-state index is 11.9. The summed E-state index contributed by atoms with van der Waals surface area (Å²) in [6.45, 7) is 2.27. The number of rotatable bonds is 17. The molecular weight excluding hydrogens is 396 g/mol. The van der Waals surface area contributed by atoms with Crippen molar-refractivity contribution in [2.75, 3.05) is 5.32 Å². The second-order valence-corrected chi connectivity index (χ2v) is 8.59. The van der Waals surface area contributed by atoms with Crippen LogP contribution in [0.15, 0.2) is 24.3 Å². The average Bonchev–Trinajstić information content (AvgIpc) is 2.72. The lowest BCUT2D eigenvalue weighted by Crippen LogP contribution is -2.34. The maximum Gasteiger partial charge on any atom is 0.325 e. The SMILES string of the molecule is CCCCCCCCCCCCCCCCCC(=O)NC(=O)Nc1ccccc1Cl. The van der Waals surface area contributed by atoms with Crippen LogP contribution in [0.3, 0.4) is 0 Å². The van der Waals surface area contributed by atoms with E-state index in [1.165, 1.54) is 77.0 Å². The molecule has 30 heavy (non-hydrogen) atoms. The fourth-order valence-corrected chi connectivity index (χ4v) is 3.75. The molecular formula is C25H41ClN2O2. The van der Waals surface area contributed by atoms with Crippen LogP contribution >= 0.6 is 11.6 Å². The molecule has 170 valence electrons. The zero-order chi connectivity index (χ0) is 21.9. The first-order valence-corrected chi connectivity index (χ1v) is 12.4. The Bertz CT molecular complexity index is 592. The van der Waals surface area contributed by atoms with Crippen LogP contribution in [0, 0.1) is 0 Å². The molecule has 0 unspecified atom stereocenters. The Kier molecular flexibility index (Phi) is 16.1. The monoisotopic (exact) mass is 436 g/mol. The van der Waals surface area contributed by atoms with Gasteiger partial charge in [0.2, 0.25) is 5.91 Å². The van der Waals surface area contributed by atoms with Gasteiger partial charge in [-0.25, -0.2) is 4.79 Å². The highest BCUT2D eigenvalue weighted by molar-refractivity contribution is 6.33. The third kappa shape index (κ3) is 14.4. The van der Waals surface area contributed by atoms with E-state index in [0.717, 1.165) is 19.3 Å². The summed E-state index contributed by atoms with van der Waals surface area (Å²) in [5, 5.41) is 5.40. The molecule has 0 heterocycles. The predicted octanol–water partition coefficient (Wildman–Crippen LogP) is 8.25. The van der Waals surface area contributed by atoms with Crippen molar-refractivity contribution >= 4 is 29.2 Å². The molecule has 0 aromatic heterocycles. The molecule has 0 aliphatic heterocycles. The van der Waals surface area contributed by atoms with Crippen molar-refractivity contribution in [1.82, 2.24) is 5.32 Å². The van der Waals surface area contributed by atoms with Gasteiger partial charge in [0.15, 0.2) is 0 Å². The smallest absolute Gasteiger partial charge is 0.306 e. The van der Waals surface area contributed by atoms with Crippen molar-refractivity contribution in [3.8, 4) is 0 Å². The summed E-state index contributed by atoms with van der Waals surface area (Å²) in [5.74, 6) is -0.241. The van der Waals surface area contributed by atoms with Crippen molar-refractivity contribution in [3.05, 3.63) is 29.3 Å². The largest absolute Gasteiger partial charge is 0.325 e. The minimum atomic E-state index is -0.533. The molecule has 0 bridgehead atoms. The average molecular weight is 437 g/mol. The van der Waals surface area contributed by atoms with Gasteiger partial charge in [0.05, 0.1) is 10.7 Å². The van der Waals surface area contributed by atoms with E-state index in [9.17, 15) is 9.59 Å². The number of amides is 3. The lowest BCUT2D eigenvalue weighted by atomic mass is 10.0. The molecule has 0 radical (unpaired) electrons. The zero-order valence-corrected chi connectivity index (χ0v) is 19.6. The minimum Gasteiger partial charge on any atom is -0.306 e. The molecule has 1 rings (SSSR count). The van der Waals surface area contributed by atoms with Gasteiger partial charge in [0, 0.05) is 6.42 Å². The maximum atomic E-state index is 11.9. The number of unbranched alkanes of at least 4 members (excludes halogenated alkanes) is 14. The van der Waals surface area contributed by atoms with Crippen LogP contribution in [0.25, 0.3) is 0 Å². The third-order valence-electron chi connectivity index (χ3n) is 5.38. The van der Waals surface area contributed by atoms with E-state index in [0.29, 0.717) is 17.1 Å². The van der Waals surface area contributed by atoms with Gasteiger partial charge in [-0.05, 0) is 18.6 Å². The number of hydrogen-bond acceptors (Lipinski definition) is 2. The van der Waals surface area contributed by atoms with Crippen LogP contribution in [0.1, 0.15) is 110 Å². The van der Waals surface area contributed by atoms with Gasteiger partial charge in [-0.15, -0.1) is 0 Å². The first-order chi connectivity index (χ1) is 14.6. The van der Waals surface area contributed by atoms with Crippen molar-refractivity contribution < 1.29 is 9.59 Å². The Balaban J connectivity index is 1.88. The molecule has 5 heteroatoms. The predicted molar refractivity (Wildman–Crippen MR) is 128 cm³/mol. The lowest BCUT2D eigenvalue weighted by molar-refractivity contribution is -0.120. The topological polar surface area (TPSA) is 58.2 Å². The summed E-state index contributed by atoms with van der Waals surface area (Å²) in [7, 11) is 0. The van der Waals surface area contributed by atoms with E-state index in [2.05, 4.69) is 17.6 Å². The molecule has 0 spiro atoms. The molecule has 3 amide bonds. The van der Waals surface area contributed by atoms with Gasteiger partial charge < -0.3 is 5.32 Å². The Morgan fingerprint density at radius 1 is 0.733 bits per heavy atom. The second kappa shape index (κ2) is 18.2. The van der Waals surface area contributed by atoms with Gasteiger partial charge in [0.25, 0.3) is 0 Å². The fourth-order valence-electron chi connectivity index (χ4n) is 3.56. The van der Waals surface area contributed by atoms with Gasteiger partial charge in [-0.1, -0.05) is 121 Å². The van der Waals surface area contributed by atoms with Crippen molar-refractivity contribution in [1.29, 1.82) is 0 Å². The highest BCUT2D eigenvalue weighted by Crippen LogP contribution is 2.20. The number of imide groups is 1. The summed E-state index contributed by atoms with van der Waals surface area (Å²) in [5.41, 5.74) is 0.497. The standard InChI is InChI=1S/C25H41ClN2O2/c1-2-3-4-5-6-7-8-9-10-11-12-13-14-15-16-21-24(29)28-25(30)27-23-20-18-17-19-22(23)26/h17-20H,2-16,21H2,1H3,(H2,27,28,29,30). The van der Waals surface area contributed by atoms with E-state index >= 15 is 0 Å². The molecule has 1 aromatic carbocycles. The Labute approximate surface area is 188 Å². The van der Waals surface area contributed by atoms with E-state index in [1.54, 1.807) is 24.3 Å². The molecule has 0 atom stereocenters. The number of urea groups is 1. The molecule has 2 N–H and O–H groups in total. The number of anilines is 1. The molecule has 0 fully saturated rings. The number of carbonyl (C=O) groups is 2. The molecule has 0 aliphatic carbocycles. The second-order valence-electron chi connectivity index (χ2n) is 8.18. The fraction of sp³-hybridized carbons (Fsp3) is 0.680. The van der Waals surface area contributed by atoms with E-state index in [4.69, 9.17) is 11.6 Å². The van der Waals surface area contributed by atoms with Crippen LogP contribution in [-0.2, 0) is 4.79 Å². The normalized spacial score (nSPS) is 10.7. The van der Waals surface area contributed by atoms with Crippen LogP contribution in [0.4, 0.5) is 10.5 Å². The molecule has 4 nitrogen and oxygen atoms in total. The summed E-state index contributed by atoms with van der Waals surface area (Å²) < 4.78 is 0. The van der Waals surface area contributed by atoms with Crippen LogP contribution in [0.5, 0.6) is 0 Å². The molecule has 1 aromatic rings. The van der Waals surface area contributed by atoms with Gasteiger partial charge in [0.1, 0.15) is 0 Å². The summed E-state index contributed by atoms with van der Waals surface area (Å²) in [6.07, 6.45) is 19.8. The van der Waals surface area contributed by atoms with Crippen molar-refractivity contribution in [2.45, 2.75) is 110 Å². The highest BCUT2D eigenvalue weighted by Gasteiger charge is 2.09. The lowest BCUT2D eigenvalue weighted by Gasteiger charge is -2.08. The van der Waals surface area contributed by atoms with Crippen LogP contribution < -0.4 is 10.6 Å². The number of carbonyl (C=O) groups excluding carboxylic acids is 2. The van der Waals surface area contributed by atoms with Gasteiger partial charge in [-0.3, -0.25) is 10.1 Å². The summed E-state index contributed by atoms with van der Waals surface area (Å²) >= 11 is 5.98. The third-order valence-corrected chi connectivity index (χ3v) is 5.71. The van der Waals surface area contributed by atoms with E-state index in [-0.39, 0.29) is 5.91 Å². The van der Waals surface area contributed by atoms with Gasteiger partial charge >= 0.3 is 6.03 Å². The first-order valence-electron chi connectivity index (χ1n) is 12.0. The minimum absolute atomic E-state index is 0.241. The summed E-state index contributed by atoms with van der Waals surface area (Å²) in [4.78, 5) is 23.7. The quantitative estimate of drug-likeness (QED) is 0.241. The van der Waals surface area contributed by atoms with Crippen molar-refractivity contribution in [3.63, 3.8) is 0 Å². The first kappa shape index (κ1) is 26.5.